The van der Waals surface area contributed by atoms with Gasteiger partial charge in [-0.05, 0) is 25.5 Å². The molecule has 4 nitrogen and oxygen atoms in total. The number of nitrogens with one attached hydrogen (secondary N) is 1. The van der Waals surface area contributed by atoms with Crippen LogP contribution in [0, 0.1) is 0 Å². The molecule has 0 aromatic carbocycles. The molecular formula is C12H19N3O. The zero-order chi connectivity index (χ0) is 12.0. The fourth-order valence-electron chi connectivity index (χ4n) is 1.46. The second-order valence-electron chi connectivity index (χ2n) is 3.69. The summed E-state index contributed by atoms with van der Waals surface area (Å²) in [6, 6.07) is 3.63. The molecule has 0 saturated carbocycles. The summed E-state index contributed by atoms with van der Waals surface area (Å²) in [5.74, 6) is -0.0232. The SMILES string of the molecule is CCCN(C)C(=O)c1ccc(NCC)cn1. The van der Waals surface area contributed by atoms with E-state index in [0.29, 0.717) is 5.69 Å². The molecule has 1 rings (SSSR count). The van der Waals surface area contributed by atoms with Gasteiger partial charge in [0.05, 0.1) is 11.9 Å². The maximum absolute atomic E-state index is 11.8. The highest BCUT2D eigenvalue weighted by Crippen LogP contribution is 2.07. The Labute approximate surface area is 96.7 Å². The summed E-state index contributed by atoms with van der Waals surface area (Å²) in [6.45, 7) is 5.68. The first-order valence-electron chi connectivity index (χ1n) is 5.64. The Bertz CT molecular complexity index is 335. The van der Waals surface area contributed by atoms with E-state index in [2.05, 4.69) is 10.3 Å². The summed E-state index contributed by atoms with van der Waals surface area (Å²) in [5.41, 5.74) is 1.44. The minimum Gasteiger partial charge on any atom is -0.384 e. The lowest BCUT2D eigenvalue weighted by Gasteiger charge is -2.15. The lowest BCUT2D eigenvalue weighted by Crippen LogP contribution is -2.28. The molecule has 0 atom stereocenters. The van der Waals surface area contributed by atoms with E-state index in [9.17, 15) is 4.79 Å². The molecule has 1 amide bonds. The largest absolute Gasteiger partial charge is 0.384 e. The van der Waals surface area contributed by atoms with E-state index in [4.69, 9.17) is 0 Å². The minimum atomic E-state index is -0.0232. The Balaban J connectivity index is 2.69. The van der Waals surface area contributed by atoms with Crippen molar-refractivity contribution in [3.8, 4) is 0 Å². The normalized spacial score (nSPS) is 9.94. The minimum absolute atomic E-state index is 0.0232. The number of rotatable bonds is 5. The Hall–Kier alpha value is -1.58. The van der Waals surface area contributed by atoms with Gasteiger partial charge in [-0.1, -0.05) is 6.92 Å². The smallest absolute Gasteiger partial charge is 0.272 e. The first-order chi connectivity index (χ1) is 7.69. The number of hydrogen-bond acceptors (Lipinski definition) is 3. The van der Waals surface area contributed by atoms with Crippen LogP contribution in [0.3, 0.4) is 0 Å². The highest BCUT2D eigenvalue weighted by Gasteiger charge is 2.11. The molecule has 0 aliphatic carbocycles. The van der Waals surface area contributed by atoms with Crippen LogP contribution in [0.4, 0.5) is 5.69 Å². The van der Waals surface area contributed by atoms with E-state index in [1.54, 1.807) is 24.2 Å². The molecule has 88 valence electrons. The monoisotopic (exact) mass is 221 g/mol. The molecule has 1 aromatic rings. The van der Waals surface area contributed by atoms with Crippen molar-refractivity contribution in [2.75, 3.05) is 25.5 Å². The van der Waals surface area contributed by atoms with Crippen molar-refractivity contribution in [2.45, 2.75) is 20.3 Å². The first-order valence-corrected chi connectivity index (χ1v) is 5.64. The van der Waals surface area contributed by atoms with E-state index in [0.717, 1.165) is 25.2 Å². The first kappa shape index (κ1) is 12.5. The molecule has 0 saturated heterocycles. The molecule has 4 heteroatoms. The van der Waals surface area contributed by atoms with Crippen LogP contribution in [0.5, 0.6) is 0 Å². The fraction of sp³-hybridized carbons (Fsp3) is 0.500. The third kappa shape index (κ3) is 3.22. The third-order valence-corrected chi connectivity index (χ3v) is 2.27. The number of carbonyl (C=O) groups is 1. The van der Waals surface area contributed by atoms with Gasteiger partial charge in [-0.3, -0.25) is 4.79 Å². The third-order valence-electron chi connectivity index (χ3n) is 2.27. The zero-order valence-electron chi connectivity index (χ0n) is 10.2. The van der Waals surface area contributed by atoms with Crippen molar-refractivity contribution in [1.82, 2.24) is 9.88 Å². The summed E-state index contributed by atoms with van der Waals surface area (Å²) >= 11 is 0. The van der Waals surface area contributed by atoms with Crippen molar-refractivity contribution in [2.24, 2.45) is 0 Å². The molecular weight excluding hydrogens is 202 g/mol. The molecule has 0 aliphatic rings. The second kappa shape index (κ2) is 6.10. The highest BCUT2D eigenvalue weighted by atomic mass is 16.2. The summed E-state index contributed by atoms with van der Waals surface area (Å²) < 4.78 is 0. The van der Waals surface area contributed by atoms with Crippen LogP contribution < -0.4 is 5.32 Å². The Morgan fingerprint density at radius 2 is 2.19 bits per heavy atom. The van der Waals surface area contributed by atoms with Crippen molar-refractivity contribution in [3.63, 3.8) is 0 Å². The van der Waals surface area contributed by atoms with Crippen LogP contribution in [0.2, 0.25) is 0 Å². The summed E-state index contributed by atoms with van der Waals surface area (Å²) in [6.07, 6.45) is 2.65. The predicted molar refractivity (Wildman–Crippen MR) is 65.7 cm³/mol. The van der Waals surface area contributed by atoms with Gasteiger partial charge in [0.2, 0.25) is 0 Å². The summed E-state index contributed by atoms with van der Waals surface area (Å²) in [5, 5.41) is 3.14. The van der Waals surface area contributed by atoms with Gasteiger partial charge < -0.3 is 10.2 Å². The molecule has 0 radical (unpaired) electrons. The number of anilines is 1. The van der Waals surface area contributed by atoms with Crippen molar-refractivity contribution in [3.05, 3.63) is 24.0 Å². The summed E-state index contributed by atoms with van der Waals surface area (Å²) in [4.78, 5) is 17.7. The van der Waals surface area contributed by atoms with E-state index < -0.39 is 0 Å². The molecule has 1 heterocycles. The van der Waals surface area contributed by atoms with Crippen LogP contribution in [0.15, 0.2) is 18.3 Å². The van der Waals surface area contributed by atoms with Gasteiger partial charge in [0.1, 0.15) is 5.69 Å². The Kier molecular flexibility index (Phi) is 4.76. The van der Waals surface area contributed by atoms with Crippen LogP contribution in [-0.4, -0.2) is 35.9 Å². The maximum atomic E-state index is 11.8. The molecule has 16 heavy (non-hydrogen) atoms. The number of hydrogen-bond donors (Lipinski definition) is 1. The average molecular weight is 221 g/mol. The fourth-order valence-corrected chi connectivity index (χ4v) is 1.46. The van der Waals surface area contributed by atoms with Crippen molar-refractivity contribution in [1.29, 1.82) is 0 Å². The molecule has 1 N–H and O–H groups in total. The van der Waals surface area contributed by atoms with Crippen LogP contribution >= 0.6 is 0 Å². The number of pyridine rings is 1. The molecule has 0 aliphatic heterocycles. The molecule has 0 fully saturated rings. The molecule has 1 aromatic heterocycles. The molecule has 0 unspecified atom stereocenters. The van der Waals surface area contributed by atoms with Gasteiger partial charge in [0.25, 0.3) is 5.91 Å². The highest BCUT2D eigenvalue weighted by molar-refractivity contribution is 5.92. The van der Waals surface area contributed by atoms with E-state index in [1.807, 2.05) is 19.9 Å². The van der Waals surface area contributed by atoms with E-state index in [1.165, 1.54) is 0 Å². The zero-order valence-corrected chi connectivity index (χ0v) is 10.2. The summed E-state index contributed by atoms with van der Waals surface area (Å²) in [7, 11) is 1.80. The molecule has 0 spiro atoms. The van der Waals surface area contributed by atoms with Crippen LogP contribution in [0.1, 0.15) is 30.8 Å². The number of aromatic nitrogens is 1. The van der Waals surface area contributed by atoms with Gasteiger partial charge >= 0.3 is 0 Å². The van der Waals surface area contributed by atoms with Crippen LogP contribution in [-0.2, 0) is 0 Å². The average Bonchev–Trinajstić information content (AvgIpc) is 2.30. The topological polar surface area (TPSA) is 45.2 Å². The number of nitrogens with zero attached hydrogens (tertiary/aromatic N) is 2. The van der Waals surface area contributed by atoms with Crippen molar-refractivity contribution < 1.29 is 4.79 Å². The standard InChI is InChI=1S/C12H19N3O/c1-4-8-15(3)12(16)11-7-6-10(9-14-11)13-5-2/h6-7,9,13H,4-5,8H2,1-3H3. The van der Waals surface area contributed by atoms with Crippen LogP contribution in [0.25, 0.3) is 0 Å². The number of carbonyl (C=O) groups excluding carboxylic acids is 1. The lowest BCUT2D eigenvalue weighted by molar-refractivity contribution is 0.0789. The maximum Gasteiger partial charge on any atom is 0.272 e. The lowest BCUT2D eigenvalue weighted by atomic mass is 10.3. The van der Waals surface area contributed by atoms with Gasteiger partial charge in [-0.25, -0.2) is 4.98 Å². The van der Waals surface area contributed by atoms with E-state index >= 15 is 0 Å². The van der Waals surface area contributed by atoms with Gasteiger partial charge in [-0.2, -0.15) is 0 Å². The second-order valence-corrected chi connectivity index (χ2v) is 3.69. The predicted octanol–water partition coefficient (Wildman–Crippen LogP) is 2.00. The number of amides is 1. The quantitative estimate of drug-likeness (QED) is 0.827. The Morgan fingerprint density at radius 3 is 2.69 bits per heavy atom. The van der Waals surface area contributed by atoms with Crippen molar-refractivity contribution >= 4 is 11.6 Å². The molecule has 0 bridgehead atoms. The van der Waals surface area contributed by atoms with Gasteiger partial charge in [0.15, 0.2) is 0 Å². The Morgan fingerprint density at radius 1 is 1.44 bits per heavy atom. The van der Waals surface area contributed by atoms with Gasteiger partial charge in [0, 0.05) is 20.1 Å². The van der Waals surface area contributed by atoms with Gasteiger partial charge in [-0.15, -0.1) is 0 Å². The van der Waals surface area contributed by atoms with E-state index in [-0.39, 0.29) is 5.91 Å².